The highest BCUT2D eigenvalue weighted by atomic mass is 32.2. The van der Waals surface area contributed by atoms with Gasteiger partial charge in [0.2, 0.25) is 0 Å². The molecule has 74 valence electrons. The summed E-state index contributed by atoms with van der Waals surface area (Å²) in [5.74, 6) is 1.15. The van der Waals surface area contributed by atoms with E-state index in [1.165, 1.54) is 12.8 Å². The third-order valence-electron chi connectivity index (χ3n) is 1.55. The summed E-state index contributed by atoms with van der Waals surface area (Å²) in [5.41, 5.74) is 0. The SMILES string of the molecule is CNCCCCSc1nnc(C)s1. The fraction of sp³-hybridized carbons (Fsp3) is 0.750. The van der Waals surface area contributed by atoms with E-state index in [1.54, 1.807) is 11.3 Å². The molecule has 1 rings (SSSR count). The summed E-state index contributed by atoms with van der Waals surface area (Å²) in [7, 11) is 1.99. The molecule has 1 aromatic heterocycles. The maximum atomic E-state index is 4.05. The first-order chi connectivity index (χ1) is 6.33. The highest BCUT2D eigenvalue weighted by Crippen LogP contribution is 2.22. The van der Waals surface area contributed by atoms with Crippen LogP contribution in [0.3, 0.4) is 0 Å². The van der Waals surface area contributed by atoms with Crippen LogP contribution in [0.15, 0.2) is 4.34 Å². The number of aromatic nitrogens is 2. The molecule has 1 aromatic rings. The highest BCUT2D eigenvalue weighted by molar-refractivity contribution is 8.01. The largest absolute Gasteiger partial charge is 0.320 e. The van der Waals surface area contributed by atoms with Crippen LogP contribution in [-0.4, -0.2) is 29.5 Å². The van der Waals surface area contributed by atoms with E-state index in [9.17, 15) is 0 Å². The quantitative estimate of drug-likeness (QED) is 0.584. The number of hydrogen-bond acceptors (Lipinski definition) is 5. The van der Waals surface area contributed by atoms with Crippen LogP contribution >= 0.6 is 23.1 Å². The van der Waals surface area contributed by atoms with Gasteiger partial charge in [0.15, 0.2) is 4.34 Å². The second-order valence-electron chi connectivity index (χ2n) is 2.75. The van der Waals surface area contributed by atoms with E-state index in [-0.39, 0.29) is 0 Å². The minimum Gasteiger partial charge on any atom is -0.320 e. The van der Waals surface area contributed by atoms with Gasteiger partial charge >= 0.3 is 0 Å². The van der Waals surface area contributed by atoms with Gasteiger partial charge in [-0.1, -0.05) is 23.1 Å². The molecule has 0 aliphatic heterocycles. The van der Waals surface area contributed by atoms with E-state index in [0.717, 1.165) is 21.6 Å². The second kappa shape index (κ2) is 6.34. The molecule has 1 heterocycles. The zero-order valence-corrected chi connectivity index (χ0v) is 9.67. The first kappa shape index (κ1) is 10.9. The molecule has 0 aliphatic rings. The Kier molecular flexibility index (Phi) is 5.34. The lowest BCUT2D eigenvalue weighted by atomic mass is 10.3. The Labute approximate surface area is 87.3 Å². The summed E-state index contributed by atoms with van der Waals surface area (Å²) in [6.07, 6.45) is 2.48. The van der Waals surface area contributed by atoms with Crippen LogP contribution in [0.5, 0.6) is 0 Å². The molecule has 0 spiro atoms. The van der Waals surface area contributed by atoms with Gasteiger partial charge in [-0.2, -0.15) is 0 Å². The molecule has 0 aromatic carbocycles. The van der Waals surface area contributed by atoms with Crippen molar-refractivity contribution in [1.82, 2.24) is 15.5 Å². The van der Waals surface area contributed by atoms with Crippen LogP contribution in [-0.2, 0) is 0 Å². The summed E-state index contributed by atoms with van der Waals surface area (Å²) in [6, 6.07) is 0. The lowest BCUT2D eigenvalue weighted by Crippen LogP contribution is -2.07. The van der Waals surface area contributed by atoms with E-state index in [4.69, 9.17) is 0 Å². The van der Waals surface area contributed by atoms with Gasteiger partial charge in [0.05, 0.1) is 0 Å². The summed E-state index contributed by atoms with van der Waals surface area (Å²) in [4.78, 5) is 0. The highest BCUT2D eigenvalue weighted by Gasteiger charge is 1.99. The molecule has 1 N–H and O–H groups in total. The Bertz CT molecular complexity index is 237. The first-order valence-corrected chi connectivity index (χ1v) is 6.20. The molecule has 0 fully saturated rings. The van der Waals surface area contributed by atoms with E-state index in [1.807, 2.05) is 25.7 Å². The van der Waals surface area contributed by atoms with Gasteiger partial charge in [-0.05, 0) is 33.4 Å². The van der Waals surface area contributed by atoms with Crippen molar-refractivity contribution < 1.29 is 0 Å². The molecule has 0 saturated heterocycles. The zero-order chi connectivity index (χ0) is 9.52. The fourth-order valence-electron chi connectivity index (χ4n) is 0.900. The van der Waals surface area contributed by atoms with E-state index >= 15 is 0 Å². The Morgan fingerprint density at radius 1 is 1.38 bits per heavy atom. The normalized spacial score (nSPS) is 10.6. The average Bonchev–Trinajstić information content (AvgIpc) is 2.51. The van der Waals surface area contributed by atoms with Gasteiger partial charge in [-0.3, -0.25) is 0 Å². The van der Waals surface area contributed by atoms with Crippen molar-refractivity contribution in [2.75, 3.05) is 19.3 Å². The van der Waals surface area contributed by atoms with Gasteiger partial charge in [0.1, 0.15) is 5.01 Å². The van der Waals surface area contributed by atoms with Crippen molar-refractivity contribution in [3.63, 3.8) is 0 Å². The van der Waals surface area contributed by atoms with Gasteiger partial charge in [-0.15, -0.1) is 10.2 Å². The number of unbranched alkanes of at least 4 members (excludes halogenated alkanes) is 1. The van der Waals surface area contributed by atoms with Crippen LogP contribution in [0.1, 0.15) is 17.8 Å². The topological polar surface area (TPSA) is 37.8 Å². The van der Waals surface area contributed by atoms with Gasteiger partial charge in [0, 0.05) is 5.75 Å². The molecular weight excluding hydrogens is 202 g/mol. The molecule has 0 saturated carbocycles. The average molecular weight is 217 g/mol. The second-order valence-corrected chi connectivity index (χ2v) is 5.27. The standard InChI is InChI=1S/C8H15N3S2/c1-7-10-11-8(13-7)12-6-4-3-5-9-2/h9H,3-6H2,1-2H3. The Hall–Kier alpha value is -0.130. The predicted molar refractivity (Wildman–Crippen MR) is 58.5 cm³/mol. The summed E-state index contributed by atoms with van der Waals surface area (Å²) in [5, 5.41) is 12.2. The minimum absolute atomic E-state index is 1.05. The molecule has 0 aliphatic carbocycles. The third kappa shape index (κ3) is 4.59. The molecule has 0 atom stereocenters. The maximum Gasteiger partial charge on any atom is 0.174 e. The number of aryl methyl sites for hydroxylation is 1. The fourth-order valence-corrected chi connectivity index (χ4v) is 2.79. The zero-order valence-electron chi connectivity index (χ0n) is 8.04. The Balaban J connectivity index is 2.06. The summed E-state index contributed by atoms with van der Waals surface area (Å²) in [6.45, 7) is 3.10. The first-order valence-electron chi connectivity index (χ1n) is 4.40. The van der Waals surface area contributed by atoms with Crippen LogP contribution in [0.25, 0.3) is 0 Å². The smallest absolute Gasteiger partial charge is 0.174 e. The van der Waals surface area contributed by atoms with Gasteiger partial charge < -0.3 is 5.32 Å². The molecule has 3 nitrogen and oxygen atoms in total. The minimum atomic E-state index is 1.05. The molecule has 0 amide bonds. The number of rotatable bonds is 6. The summed E-state index contributed by atoms with van der Waals surface area (Å²) < 4.78 is 1.10. The Morgan fingerprint density at radius 2 is 2.23 bits per heavy atom. The number of nitrogens with one attached hydrogen (secondary N) is 1. The number of hydrogen-bond donors (Lipinski definition) is 1. The Morgan fingerprint density at radius 3 is 2.85 bits per heavy atom. The van der Waals surface area contributed by atoms with Crippen molar-refractivity contribution in [1.29, 1.82) is 0 Å². The van der Waals surface area contributed by atoms with E-state index in [2.05, 4.69) is 15.5 Å². The molecule has 5 heteroatoms. The monoisotopic (exact) mass is 217 g/mol. The van der Waals surface area contributed by atoms with Crippen molar-refractivity contribution in [3.8, 4) is 0 Å². The number of nitrogens with zero attached hydrogens (tertiary/aromatic N) is 2. The lowest BCUT2D eigenvalue weighted by Gasteiger charge is -1.97. The molecule has 13 heavy (non-hydrogen) atoms. The lowest BCUT2D eigenvalue weighted by molar-refractivity contribution is 0.714. The predicted octanol–water partition coefficient (Wildman–Crippen LogP) is 1.94. The van der Waals surface area contributed by atoms with Gasteiger partial charge in [0.25, 0.3) is 0 Å². The number of thioether (sulfide) groups is 1. The van der Waals surface area contributed by atoms with Crippen LogP contribution in [0.4, 0.5) is 0 Å². The van der Waals surface area contributed by atoms with Gasteiger partial charge in [-0.25, -0.2) is 0 Å². The third-order valence-corrected chi connectivity index (χ3v) is 3.61. The van der Waals surface area contributed by atoms with E-state index in [0.29, 0.717) is 0 Å². The maximum absolute atomic E-state index is 4.05. The molecule has 0 bridgehead atoms. The summed E-state index contributed by atoms with van der Waals surface area (Å²) >= 11 is 3.49. The van der Waals surface area contributed by atoms with Crippen molar-refractivity contribution in [3.05, 3.63) is 5.01 Å². The molecule has 0 radical (unpaired) electrons. The molecule has 0 unspecified atom stereocenters. The van der Waals surface area contributed by atoms with E-state index < -0.39 is 0 Å². The van der Waals surface area contributed by atoms with Crippen LogP contribution < -0.4 is 5.32 Å². The van der Waals surface area contributed by atoms with Crippen LogP contribution in [0, 0.1) is 6.92 Å². The van der Waals surface area contributed by atoms with Crippen molar-refractivity contribution in [2.45, 2.75) is 24.1 Å². The molecular formula is C8H15N3S2. The van der Waals surface area contributed by atoms with Crippen molar-refractivity contribution >= 4 is 23.1 Å². The van der Waals surface area contributed by atoms with Crippen molar-refractivity contribution in [2.24, 2.45) is 0 Å². The van der Waals surface area contributed by atoms with Crippen LogP contribution in [0.2, 0.25) is 0 Å².